The van der Waals surface area contributed by atoms with Gasteiger partial charge in [0.05, 0.1) is 10.8 Å². The van der Waals surface area contributed by atoms with E-state index in [1.165, 1.54) is 11.8 Å². The van der Waals surface area contributed by atoms with Crippen LogP contribution in [-0.2, 0) is 4.79 Å². The van der Waals surface area contributed by atoms with E-state index in [1.807, 2.05) is 0 Å². The number of rotatable bonds is 4. The second-order valence-electron chi connectivity index (χ2n) is 4.22. The van der Waals surface area contributed by atoms with E-state index >= 15 is 0 Å². The molecule has 0 aliphatic carbocycles. The van der Waals surface area contributed by atoms with Crippen molar-refractivity contribution in [2.75, 3.05) is 11.5 Å². The highest BCUT2D eigenvalue weighted by atomic mass is 35.5. The molecule has 2 aromatic carbocycles. The number of hydrogen-bond donors (Lipinski definition) is 2. The summed E-state index contributed by atoms with van der Waals surface area (Å²) in [6.45, 7) is 0. The predicted molar refractivity (Wildman–Crippen MR) is 85.5 cm³/mol. The molecule has 0 unspecified atom stereocenters. The van der Waals surface area contributed by atoms with Crippen LogP contribution >= 0.6 is 23.4 Å². The Balaban J connectivity index is 1.91. The molecule has 4 nitrogen and oxygen atoms in total. The van der Waals surface area contributed by atoms with Crippen molar-refractivity contribution in [3.63, 3.8) is 0 Å². The molecule has 0 aromatic heterocycles. The molecule has 2 aromatic rings. The number of benzene rings is 2. The van der Waals surface area contributed by atoms with E-state index in [-0.39, 0.29) is 11.7 Å². The number of nitrogen functional groups attached to an aromatic ring is 1. The fourth-order valence-corrected chi connectivity index (χ4v) is 2.66. The lowest BCUT2D eigenvalue weighted by Gasteiger charge is -2.06. The standard InChI is InChI=1S/C15H13ClN2O2S/c16-12-7-6-11(17)8-13(12)21-9-14(19)18-15(20)10-4-2-1-3-5-10/h1-8H,9,17H2,(H,18,19,20). The summed E-state index contributed by atoms with van der Waals surface area (Å²) in [7, 11) is 0. The number of nitrogens with one attached hydrogen (secondary N) is 1. The first-order valence-electron chi connectivity index (χ1n) is 6.13. The quantitative estimate of drug-likeness (QED) is 0.671. The van der Waals surface area contributed by atoms with Crippen molar-refractivity contribution in [2.45, 2.75) is 4.90 Å². The molecule has 0 spiro atoms. The minimum atomic E-state index is -0.417. The van der Waals surface area contributed by atoms with Crippen LogP contribution in [0.2, 0.25) is 5.02 Å². The molecular weight excluding hydrogens is 308 g/mol. The summed E-state index contributed by atoms with van der Waals surface area (Å²) in [6.07, 6.45) is 0. The number of hydrogen-bond acceptors (Lipinski definition) is 4. The molecule has 0 heterocycles. The van der Waals surface area contributed by atoms with Crippen LogP contribution in [0.1, 0.15) is 10.4 Å². The van der Waals surface area contributed by atoms with E-state index in [1.54, 1.807) is 48.5 Å². The Labute approximate surface area is 131 Å². The molecule has 3 N–H and O–H groups in total. The molecule has 0 radical (unpaired) electrons. The first-order chi connectivity index (χ1) is 10.1. The lowest BCUT2D eigenvalue weighted by molar-refractivity contribution is -0.117. The normalized spacial score (nSPS) is 10.1. The molecule has 108 valence electrons. The summed E-state index contributed by atoms with van der Waals surface area (Å²) >= 11 is 7.24. The van der Waals surface area contributed by atoms with E-state index in [2.05, 4.69) is 5.32 Å². The van der Waals surface area contributed by atoms with Gasteiger partial charge in [0.15, 0.2) is 0 Å². The number of carbonyl (C=O) groups is 2. The number of carbonyl (C=O) groups excluding carboxylic acids is 2. The van der Waals surface area contributed by atoms with Crippen LogP contribution in [0.5, 0.6) is 0 Å². The van der Waals surface area contributed by atoms with Crippen LogP contribution < -0.4 is 11.1 Å². The second-order valence-corrected chi connectivity index (χ2v) is 5.65. The molecule has 0 atom stereocenters. The van der Waals surface area contributed by atoms with Gasteiger partial charge in [0.2, 0.25) is 5.91 Å². The summed E-state index contributed by atoms with van der Waals surface area (Å²) in [5.41, 5.74) is 6.68. The third-order valence-corrected chi connectivity index (χ3v) is 4.10. The minimum Gasteiger partial charge on any atom is -0.399 e. The summed E-state index contributed by atoms with van der Waals surface area (Å²) < 4.78 is 0. The van der Waals surface area contributed by atoms with Gasteiger partial charge < -0.3 is 5.73 Å². The smallest absolute Gasteiger partial charge is 0.257 e. The molecule has 21 heavy (non-hydrogen) atoms. The van der Waals surface area contributed by atoms with Gasteiger partial charge in [0.25, 0.3) is 5.91 Å². The lowest BCUT2D eigenvalue weighted by atomic mass is 10.2. The van der Waals surface area contributed by atoms with E-state index < -0.39 is 5.91 Å². The maximum absolute atomic E-state index is 11.8. The van der Waals surface area contributed by atoms with Crippen LogP contribution in [0.15, 0.2) is 53.4 Å². The summed E-state index contributed by atoms with van der Waals surface area (Å²) in [4.78, 5) is 24.3. The Kier molecular flexibility index (Phi) is 5.25. The highest BCUT2D eigenvalue weighted by Crippen LogP contribution is 2.28. The number of amides is 2. The van der Waals surface area contributed by atoms with E-state index in [4.69, 9.17) is 17.3 Å². The molecule has 0 fully saturated rings. The van der Waals surface area contributed by atoms with Crippen molar-refractivity contribution >= 4 is 40.9 Å². The number of halogens is 1. The van der Waals surface area contributed by atoms with Gasteiger partial charge in [0.1, 0.15) is 0 Å². The Morgan fingerprint density at radius 1 is 1.14 bits per heavy atom. The third kappa shape index (κ3) is 4.51. The molecule has 6 heteroatoms. The van der Waals surface area contributed by atoms with E-state index in [0.29, 0.717) is 21.2 Å². The Bertz CT molecular complexity index is 662. The predicted octanol–water partition coefficient (Wildman–Crippen LogP) is 2.97. The zero-order valence-corrected chi connectivity index (χ0v) is 12.6. The lowest BCUT2D eigenvalue weighted by Crippen LogP contribution is -2.31. The number of anilines is 1. The van der Waals surface area contributed by atoms with Crippen LogP contribution in [0, 0.1) is 0 Å². The van der Waals surface area contributed by atoms with Gasteiger partial charge in [-0.3, -0.25) is 14.9 Å². The van der Waals surface area contributed by atoms with Crippen LogP contribution in [-0.4, -0.2) is 17.6 Å². The van der Waals surface area contributed by atoms with E-state index in [9.17, 15) is 9.59 Å². The number of thioether (sulfide) groups is 1. The number of imide groups is 1. The average molecular weight is 321 g/mol. The highest BCUT2D eigenvalue weighted by Gasteiger charge is 2.11. The molecule has 2 rings (SSSR count). The second kappa shape index (κ2) is 7.15. The highest BCUT2D eigenvalue weighted by molar-refractivity contribution is 8.00. The molecule has 0 bridgehead atoms. The largest absolute Gasteiger partial charge is 0.399 e. The fourth-order valence-electron chi connectivity index (χ4n) is 1.60. The molecule has 0 saturated carbocycles. The topological polar surface area (TPSA) is 72.2 Å². The summed E-state index contributed by atoms with van der Waals surface area (Å²) in [5.74, 6) is -0.714. The minimum absolute atomic E-state index is 0.0851. The van der Waals surface area contributed by atoms with Gasteiger partial charge in [-0.15, -0.1) is 11.8 Å². The maximum Gasteiger partial charge on any atom is 0.257 e. The molecule has 0 aliphatic rings. The molecule has 2 amide bonds. The van der Waals surface area contributed by atoms with Crippen LogP contribution in [0.3, 0.4) is 0 Å². The van der Waals surface area contributed by atoms with Crippen molar-refractivity contribution in [1.29, 1.82) is 0 Å². The van der Waals surface area contributed by atoms with Crippen molar-refractivity contribution < 1.29 is 9.59 Å². The first-order valence-corrected chi connectivity index (χ1v) is 7.49. The van der Waals surface area contributed by atoms with Crippen LogP contribution in [0.25, 0.3) is 0 Å². The van der Waals surface area contributed by atoms with Gasteiger partial charge >= 0.3 is 0 Å². The summed E-state index contributed by atoms with van der Waals surface area (Å²) in [6, 6.07) is 13.6. The van der Waals surface area contributed by atoms with Gasteiger partial charge in [-0.1, -0.05) is 29.8 Å². The maximum atomic E-state index is 11.8. The van der Waals surface area contributed by atoms with Crippen molar-refractivity contribution in [2.24, 2.45) is 0 Å². The monoisotopic (exact) mass is 320 g/mol. The van der Waals surface area contributed by atoms with Gasteiger partial charge in [0, 0.05) is 16.1 Å². The first kappa shape index (κ1) is 15.4. The average Bonchev–Trinajstić information content (AvgIpc) is 2.49. The van der Waals surface area contributed by atoms with Crippen molar-refractivity contribution in [3.05, 3.63) is 59.1 Å². The number of nitrogens with two attached hydrogens (primary N) is 1. The molecule has 0 aliphatic heterocycles. The summed E-state index contributed by atoms with van der Waals surface area (Å²) in [5, 5.41) is 2.85. The van der Waals surface area contributed by atoms with Gasteiger partial charge in [-0.25, -0.2) is 0 Å². The van der Waals surface area contributed by atoms with Gasteiger partial charge in [-0.05, 0) is 30.3 Å². The van der Waals surface area contributed by atoms with E-state index in [0.717, 1.165) is 0 Å². The zero-order valence-electron chi connectivity index (χ0n) is 11.0. The van der Waals surface area contributed by atoms with Crippen molar-refractivity contribution in [3.8, 4) is 0 Å². The SMILES string of the molecule is Nc1ccc(Cl)c(SCC(=O)NC(=O)c2ccccc2)c1. The Morgan fingerprint density at radius 2 is 1.86 bits per heavy atom. The van der Waals surface area contributed by atoms with Crippen molar-refractivity contribution in [1.82, 2.24) is 5.32 Å². The molecular formula is C15H13ClN2O2S. The Morgan fingerprint density at radius 3 is 2.57 bits per heavy atom. The Hall–Kier alpha value is -1.98. The zero-order chi connectivity index (χ0) is 15.2. The van der Waals surface area contributed by atoms with Crippen LogP contribution in [0.4, 0.5) is 5.69 Å². The van der Waals surface area contributed by atoms with Gasteiger partial charge in [-0.2, -0.15) is 0 Å². The third-order valence-electron chi connectivity index (χ3n) is 2.60. The fraction of sp³-hybridized carbons (Fsp3) is 0.0667. The molecule has 0 saturated heterocycles.